The highest BCUT2D eigenvalue weighted by Gasteiger charge is 2.43. The SMILES string of the molecule is CC1(C)NC(=O)N(CCCC(=O)N2CCC3CCC(C2)N3)C1=O.Cl. The first-order valence-electron chi connectivity index (χ1n) is 8.55. The van der Waals surface area contributed by atoms with Crippen LogP contribution in [-0.2, 0) is 9.59 Å². The molecule has 2 unspecified atom stereocenters. The van der Waals surface area contributed by atoms with Crippen molar-refractivity contribution >= 4 is 30.3 Å². The summed E-state index contributed by atoms with van der Waals surface area (Å²) in [5, 5.41) is 6.21. The summed E-state index contributed by atoms with van der Waals surface area (Å²) in [6.45, 7) is 5.28. The standard InChI is InChI=1S/C16H26N4O3.ClH/c1-16(2)14(22)20(15(23)18-16)8-3-4-13(21)19-9-7-11-5-6-12(10-19)17-11;/h11-12,17H,3-10H2,1-2H3,(H,18,23);1H. The Hall–Kier alpha value is -1.34. The number of hydrogen-bond donors (Lipinski definition) is 2. The van der Waals surface area contributed by atoms with Crippen LogP contribution in [0, 0.1) is 0 Å². The van der Waals surface area contributed by atoms with Crippen molar-refractivity contribution in [3.63, 3.8) is 0 Å². The van der Waals surface area contributed by atoms with Crippen LogP contribution >= 0.6 is 12.4 Å². The van der Waals surface area contributed by atoms with Gasteiger partial charge in [-0.3, -0.25) is 14.5 Å². The number of hydrogen-bond acceptors (Lipinski definition) is 4. The van der Waals surface area contributed by atoms with Gasteiger partial charge in [-0.05, 0) is 39.5 Å². The largest absolute Gasteiger partial charge is 0.341 e. The van der Waals surface area contributed by atoms with Crippen LogP contribution in [0.1, 0.15) is 46.0 Å². The fourth-order valence-electron chi connectivity index (χ4n) is 3.74. The third kappa shape index (κ3) is 3.83. The van der Waals surface area contributed by atoms with E-state index in [-0.39, 0.29) is 30.3 Å². The van der Waals surface area contributed by atoms with Crippen LogP contribution in [0.2, 0.25) is 0 Å². The molecule has 136 valence electrons. The van der Waals surface area contributed by atoms with Crippen molar-refractivity contribution in [3.05, 3.63) is 0 Å². The summed E-state index contributed by atoms with van der Waals surface area (Å²) in [7, 11) is 0. The molecule has 0 aromatic rings. The Labute approximate surface area is 148 Å². The Bertz CT molecular complexity index is 525. The molecule has 0 aliphatic carbocycles. The number of halogens is 1. The second-order valence-electron chi connectivity index (χ2n) is 7.38. The van der Waals surface area contributed by atoms with E-state index in [0.29, 0.717) is 31.5 Å². The summed E-state index contributed by atoms with van der Waals surface area (Å²) in [6.07, 6.45) is 4.28. The monoisotopic (exact) mass is 358 g/mol. The van der Waals surface area contributed by atoms with Gasteiger partial charge < -0.3 is 15.5 Å². The van der Waals surface area contributed by atoms with E-state index < -0.39 is 5.54 Å². The Morgan fingerprint density at radius 1 is 1.21 bits per heavy atom. The van der Waals surface area contributed by atoms with Crippen LogP contribution in [0.5, 0.6) is 0 Å². The minimum atomic E-state index is -0.837. The van der Waals surface area contributed by atoms with E-state index in [4.69, 9.17) is 0 Å². The molecule has 0 radical (unpaired) electrons. The Morgan fingerprint density at radius 2 is 1.92 bits per heavy atom. The molecule has 3 fully saturated rings. The zero-order valence-corrected chi connectivity index (χ0v) is 15.2. The number of carbonyl (C=O) groups excluding carboxylic acids is 3. The lowest BCUT2D eigenvalue weighted by atomic mass is 10.1. The molecule has 0 spiro atoms. The first-order valence-corrected chi connectivity index (χ1v) is 8.55. The second kappa shape index (κ2) is 7.27. The predicted octanol–water partition coefficient (Wildman–Crippen LogP) is 0.872. The highest BCUT2D eigenvalue weighted by Crippen LogP contribution is 2.21. The quantitative estimate of drug-likeness (QED) is 0.731. The van der Waals surface area contributed by atoms with Gasteiger partial charge >= 0.3 is 6.03 Å². The smallest absolute Gasteiger partial charge is 0.325 e. The second-order valence-corrected chi connectivity index (χ2v) is 7.38. The van der Waals surface area contributed by atoms with Gasteiger partial charge in [0.1, 0.15) is 5.54 Å². The lowest BCUT2D eigenvalue weighted by Gasteiger charge is -2.24. The number of nitrogens with one attached hydrogen (secondary N) is 2. The molecule has 2 N–H and O–H groups in total. The maximum absolute atomic E-state index is 12.4. The Kier molecular flexibility index (Phi) is 5.75. The number of nitrogens with zero attached hydrogens (tertiary/aromatic N) is 2. The molecule has 3 rings (SSSR count). The minimum Gasteiger partial charge on any atom is -0.341 e. The number of rotatable bonds is 4. The van der Waals surface area contributed by atoms with Crippen LogP contribution in [0.15, 0.2) is 0 Å². The average molecular weight is 359 g/mol. The van der Waals surface area contributed by atoms with Crippen molar-refractivity contribution in [2.75, 3.05) is 19.6 Å². The van der Waals surface area contributed by atoms with Gasteiger partial charge in [0.25, 0.3) is 5.91 Å². The molecule has 24 heavy (non-hydrogen) atoms. The van der Waals surface area contributed by atoms with Crippen LogP contribution < -0.4 is 10.6 Å². The van der Waals surface area contributed by atoms with E-state index >= 15 is 0 Å². The topological polar surface area (TPSA) is 81.8 Å². The summed E-state index contributed by atoms with van der Waals surface area (Å²) in [4.78, 5) is 39.4. The van der Waals surface area contributed by atoms with Crippen molar-refractivity contribution in [2.45, 2.75) is 63.6 Å². The van der Waals surface area contributed by atoms with E-state index in [1.54, 1.807) is 13.8 Å². The Balaban J connectivity index is 0.00000208. The first kappa shape index (κ1) is 19.0. The zero-order chi connectivity index (χ0) is 16.6. The minimum absolute atomic E-state index is 0. The molecule has 3 heterocycles. The molecular formula is C16H27ClN4O3. The van der Waals surface area contributed by atoms with Gasteiger partial charge in [-0.15, -0.1) is 12.4 Å². The summed E-state index contributed by atoms with van der Waals surface area (Å²) in [5.41, 5.74) is -0.837. The normalized spacial score (nSPS) is 28.4. The maximum atomic E-state index is 12.4. The van der Waals surface area contributed by atoms with E-state index in [1.165, 1.54) is 11.3 Å². The van der Waals surface area contributed by atoms with Gasteiger partial charge in [-0.25, -0.2) is 4.79 Å². The Morgan fingerprint density at radius 3 is 2.58 bits per heavy atom. The third-order valence-corrected chi connectivity index (χ3v) is 5.09. The average Bonchev–Trinajstić information content (AvgIpc) is 2.89. The van der Waals surface area contributed by atoms with Crippen molar-refractivity contribution < 1.29 is 14.4 Å². The number of imide groups is 1. The summed E-state index contributed by atoms with van der Waals surface area (Å²) < 4.78 is 0. The molecule has 3 aliphatic heterocycles. The molecule has 3 saturated heterocycles. The summed E-state index contributed by atoms with van der Waals surface area (Å²) in [5.74, 6) is -0.0862. The lowest BCUT2D eigenvalue weighted by molar-refractivity contribution is -0.133. The van der Waals surface area contributed by atoms with Crippen molar-refractivity contribution in [1.82, 2.24) is 20.4 Å². The molecule has 0 aromatic heterocycles. The fourth-order valence-corrected chi connectivity index (χ4v) is 3.74. The third-order valence-electron chi connectivity index (χ3n) is 5.09. The van der Waals surface area contributed by atoms with Crippen LogP contribution in [0.25, 0.3) is 0 Å². The summed E-state index contributed by atoms with van der Waals surface area (Å²) >= 11 is 0. The van der Waals surface area contributed by atoms with E-state index in [0.717, 1.165) is 25.9 Å². The van der Waals surface area contributed by atoms with Gasteiger partial charge in [0.05, 0.1) is 0 Å². The predicted molar refractivity (Wildman–Crippen MR) is 91.9 cm³/mol. The zero-order valence-electron chi connectivity index (χ0n) is 14.3. The molecule has 2 bridgehead atoms. The van der Waals surface area contributed by atoms with E-state index in [2.05, 4.69) is 10.6 Å². The molecule has 4 amide bonds. The first-order chi connectivity index (χ1) is 10.9. The van der Waals surface area contributed by atoms with Gasteiger partial charge in [0.15, 0.2) is 0 Å². The molecule has 2 atom stereocenters. The number of amides is 4. The van der Waals surface area contributed by atoms with Crippen LogP contribution in [0.3, 0.4) is 0 Å². The highest BCUT2D eigenvalue weighted by atomic mass is 35.5. The fraction of sp³-hybridized carbons (Fsp3) is 0.812. The van der Waals surface area contributed by atoms with Gasteiger partial charge in [-0.2, -0.15) is 0 Å². The molecule has 0 saturated carbocycles. The van der Waals surface area contributed by atoms with Crippen molar-refractivity contribution in [2.24, 2.45) is 0 Å². The van der Waals surface area contributed by atoms with Crippen molar-refractivity contribution in [3.8, 4) is 0 Å². The molecule has 7 nitrogen and oxygen atoms in total. The molecule has 0 aromatic carbocycles. The van der Waals surface area contributed by atoms with Gasteiger partial charge in [0.2, 0.25) is 5.91 Å². The summed E-state index contributed by atoms with van der Waals surface area (Å²) in [6, 6.07) is 0.632. The molecule has 8 heteroatoms. The molecular weight excluding hydrogens is 332 g/mol. The van der Waals surface area contributed by atoms with Crippen molar-refractivity contribution in [1.29, 1.82) is 0 Å². The van der Waals surface area contributed by atoms with Gasteiger partial charge in [0, 0.05) is 38.1 Å². The number of fused-ring (bicyclic) bond motifs is 2. The number of urea groups is 1. The maximum Gasteiger partial charge on any atom is 0.325 e. The van der Waals surface area contributed by atoms with Gasteiger partial charge in [-0.1, -0.05) is 0 Å². The molecule has 3 aliphatic rings. The van der Waals surface area contributed by atoms with E-state index in [1.807, 2.05) is 4.90 Å². The van der Waals surface area contributed by atoms with Crippen LogP contribution in [0.4, 0.5) is 4.79 Å². The number of carbonyl (C=O) groups is 3. The van der Waals surface area contributed by atoms with E-state index in [9.17, 15) is 14.4 Å². The lowest BCUT2D eigenvalue weighted by Crippen LogP contribution is -2.41. The number of likely N-dealkylation sites (tertiary alicyclic amines) is 1. The van der Waals surface area contributed by atoms with Crippen LogP contribution in [-0.4, -0.2) is 64.9 Å². The highest BCUT2D eigenvalue weighted by molar-refractivity contribution is 6.06.